The van der Waals surface area contributed by atoms with E-state index in [1.165, 1.54) is 0 Å². The summed E-state index contributed by atoms with van der Waals surface area (Å²) in [6, 6.07) is 7.09. The van der Waals surface area contributed by atoms with Gasteiger partial charge in [-0.2, -0.15) is 0 Å². The normalized spacial score (nSPS) is 11.5. The van der Waals surface area contributed by atoms with Crippen LogP contribution in [-0.4, -0.2) is 18.6 Å². The highest BCUT2D eigenvalue weighted by atomic mass is 32.2. The predicted octanol–water partition coefficient (Wildman–Crippen LogP) is 3.77. The number of sulfonamides is 1. The van der Waals surface area contributed by atoms with Gasteiger partial charge in [0.05, 0.1) is 4.90 Å². The number of anilines is 1. The molecule has 7 heteroatoms. The van der Waals surface area contributed by atoms with Crippen LogP contribution in [0.4, 0.5) is 5.88 Å². The standard InChI is InChI=1S/C18H19N3O3S/c1-11-9-12(2)14(4)18(13(11)3)25(22,23)21-17-10-16(20-24-17)15-5-7-19-8-6-15/h5-10,21H,1-4H3. The largest absolute Gasteiger partial charge is 0.337 e. The monoisotopic (exact) mass is 357 g/mol. The third-order valence-electron chi connectivity index (χ3n) is 4.29. The van der Waals surface area contributed by atoms with Crippen molar-refractivity contribution in [3.05, 3.63) is 58.9 Å². The summed E-state index contributed by atoms with van der Waals surface area (Å²) in [5.74, 6) is 0.0739. The van der Waals surface area contributed by atoms with Gasteiger partial charge < -0.3 is 4.52 Å². The van der Waals surface area contributed by atoms with Crippen LogP contribution in [0.2, 0.25) is 0 Å². The SMILES string of the molecule is Cc1cc(C)c(C)c(S(=O)(=O)Nc2cc(-c3ccncc3)no2)c1C. The summed E-state index contributed by atoms with van der Waals surface area (Å²) in [5.41, 5.74) is 4.64. The number of benzene rings is 1. The molecule has 6 nitrogen and oxygen atoms in total. The fourth-order valence-electron chi connectivity index (χ4n) is 2.75. The molecule has 0 aliphatic carbocycles. The predicted molar refractivity (Wildman–Crippen MR) is 95.9 cm³/mol. The number of nitrogens with zero attached hydrogens (tertiary/aromatic N) is 2. The number of hydrogen-bond donors (Lipinski definition) is 1. The third-order valence-corrected chi connectivity index (χ3v) is 5.91. The molecule has 3 aromatic rings. The Morgan fingerprint density at radius 2 is 1.56 bits per heavy atom. The van der Waals surface area contributed by atoms with E-state index in [0.29, 0.717) is 5.69 Å². The Hall–Kier alpha value is -2.67. The van der Waals surface area contributed by atoms with E-state index in [1.54, 1.807) is 44.4 Å². The summed E-state index contributed by atoms with van der Waals surface area (Å²) in [7, 11) is -3.78. The first-order valence-electron chi connectivity index (χ1n) is 7.77. The minimum Gasteiger partial charge on any atom is -0.337 e. The van der Waals surface area contributed by atoms with Gasteiger partial charge in [0.2, 0.25) is 5.88 Å². The lowest BCUT2D eigenvalue weighted by atomic mass is 10.0. The highest BCUT2D eigenvalue weighted by Crippen LogP contribution is 2.29. The maximum Gasteiger partial charge on any atom is 0.264 e. The lowest BCUT2D eigenvalue weighted by Gasteiger charge is -2.15. The highest BCUT2D eigenvalue weighted by molar-refractivity contribution is 7.92. The first-order chi connectivity index (χ1) is 11.8. The highest BCUT2D eigenvalue weighted by Gasteiger charge is 2.23. The Balaban J connectivity index is 1.98. The van der Waals surface area contributed by atoms with Gasteiger partial charge in [0.25, 0.3) is 10.0 Å². The van der Waals surface area contributed by atoms with Gasteiger partial charge in [0.15, 0.2) is 0 Å². The molecule has 0 bridgehead atoms. The van der Waals surface area contributed by atoms with E-state index >= 15 is 0 Å². The van der Waals surface area contributed by atoms with Gasteiger partial charge in [-0.1, -0.05) is 11.2 Å². The quantitative estimate of drug-likeness (QED) is 0.768. The van der Waals surface area contributed by atoms with Crippen LogP contribution in [0.25, 0.3) is 11.3 Å². The Morgan fingerprint density at radius 1 is 0.960 bits per heavy atom. The molecule has 0 unspecified atom stereocenters. The van der Waals surface area contributed by atoms with Gasteiger partial charge in [-0.05, 0) is 62.1 Å². The van der Waals surface area contributed by atoms with Crippen molar-refractivity contribution in [2.75, 3.05) is 4.72 Å². The van der Waals surface area contributed by atoms with Crippen molar-refractivity contribution in [2.24, 2.45) is 0 Å². The number of aryl methyl sites for hydroxylation is 2. The van der Waals surface area contributed by atoms with Gasteiger partial charge in [0.1, 0.15) is 5.69 Å². The lowest BCUT2D eigenvalue weighted by Crippen LogP contribution is -2.16. The number of nitrogens with one attached hydrogen (secondary N) is 1. The molecule has 25 heavy (non-hydrogen) atoms. The van der Waals surface area contributed by atoms with Crippen molar-refractivity contribution < 1.29 is 12.9 Å². The van der Waals surface area contributed by atoms with E-state index < -0.39 is 10.0 Å². The molecule has 0 aliphatic heterocycles. The molecule has 0 radical (unpaired) electrons. The van der Waals surface area contributed by atoms with Crippen LogP contribution in [0.3, 0.4) is 0 Å². The van der Waals surface area contributed by atoms with Crippen LogP contribution in [0, 0.1) is 27.7 Å². The van der Waals surface area contributed by atoms with Crippen LogP contribution in [0.5, 0.6) is 0 Å². The fourth-order valence-corrected chi connectivity index (χ4v) is 4.34. The second kappa shape index (κ2) is 6.33. The molecule has 0 saturated carbocycles. The molecule has 1 N–H and O–H groups in total. The molecule has 0 saturated heterocycles. The second-order valence-corrected chi connectivity index (χ2v) is 7.63. The Labute approximate surface area is 147 Å². The lowest BCUT2D eigenvalue weighted by molar-refractivity contribution is 0.438. The minimum atomic E-state index is -3.78. The number of hydrogen-bond acceptors (Lipinski definition) is 5. The van der Waals surface area contributed by atoms with Crippen molar-refractivity contribution in [1.29, 1.82) is 0 Å². The zero-order chi connectivity index (χ0) is 18.2. The summed E-state index contributed by atoms with van der Waals surface area (Å²) >= 11 is 0. The van der Waals surface area contributed by atoms with Crippen molar-refractivity contribution in [2.45, 2.75) is 32.6 Å². The van der Waals surface area contributed by atoms with Crippen molar-refractivity contribution in [3.63, 3.8) is 0 Å². The molecule has 1 aromatic carbocycles. The molecule has 0 atom stereocenters. The molecular weight excluding hydrogens is 338 g/mol. The Kier molecular flexibility index (Phi) is 4.34. The maximum atomic E-state index is 12.9. The van der Waals surface area contributed by atoms with Crippen LogP contribution in [0.15, 0.2) is 46.1 Å². The van der Waals surface area contributed by atoms with Crippen LogP contribution in [0.1, 0.15) is 22.3 Å². The van der Waals surface area contributed by atoms with E-state index in [4.69, 9.17) is 4.52 Å². The van der Waals surface area contributed by atoms with Gasteiger partial charge in [-0.15, -0.1) is 0 Å². The summed E-state index contributed by atoms with van der Waals surface area (Å²) < 4.78 is 33.4. The molecule has 2 aromatic heterocycles. The summed E-state index contributed by atoms with van der Waals surface area (Å²) in [4.78, 5) is 4.23. The third kappa shape index (κ3) is 3.28. The Morgan fingerprint density at radius 3 is 2.16 bits per heavy atom. The molecule has 0 fully saturated rings. The summed E-state index contributed by atoms with van der Waals surface area (Å²) in [5, 5.41) is 3.91. The fraction of sp³-hybridized carbons (Fsp3) is 0.222. The second-order valence-electron chi connectivity index (χ2n) is 6.01. The van der Waals surface area contributed by atoms with Crippen LogP contribution >= 0.6 is 0 Å². The van der Waals surface area contributed by atoms with Gasteiger partial charge >= 0.3 is 0 Å². The molecule has 130 valence electrons. The number of pyridine rings is 1. The summed E-state index contributed by atoms with van der Waals surface area (Å²) in [6.45, 7) is 7.41. The molecule has 0 spiro atoms. The Bertz CT molecular complexity index is 999. The molecule has 2 heterocycles. The van der Waals surface area contributed by atoms with E-state index in [9.17, 15) is 8.42 Å². The first-order valence-corrected chi connectivity index (χ1v) is 9.25. The minimum absolute atomic E-state index is 0.0739. The molecular formula is C18H19N3O3S. The van der Waals surface area contributed by atoms with Gasteiger partial charge in [-0.3, -0.25) is 4.98 Å². The van der Waals surface area contributed by atoms with Gasteiger partial charge in [0, 0.05) is 24.0 Å². The van der Waals surface area contributed by atoms with Crippen LogP contribution < -0.4 is 4.72 Å². The van der Waals surface area contributed by atoms with Crippen molar-refractivity contribution >= 4 is 15.9 Å². The smallest absolute Gasteiger partial charge is 0.264 e. The summed E-state index contributed by atoms with van der Waals surface area (Å²) in [6.07, 6.45) is 3.27. The van der Waals surface area contributed by atoms with E-state index in [2.05, 4.69) is 14.9 Å². The molecule has 0 aliphatic rings. The average Bonchev–Trinajstić information content (AvgIpc) is 3.01. The van der Waals surface area contributed by atoms with Crippen molar-refractivity contribution in [1.82, 2.24) is 10.1 Å². The van der Waals surface area contributed by atoms with E-state index in [0.717, 1.165) is 27.8 Å². The average molecular weight is 357 g/mol. The van der Waals surface area contributed by atoms with Crippen molar-refractivity contribution in [3.8, 4) is 11.3 Å². The van der Waals surface area contributed by atoms with E-state index in [1.807, 2.05) is 19.9 Å². The first kappa shape index (κ1) is 17.2. The van der Waals surface area contributed by atoms with Crippen LogP contribution in [-0.2, 0) is 10.0 Å². The zero-order valence-corrected chi connectivity index (χ0v) is 15.3. The number of aromatic nitrogens is 2. The zero-order valence-electron chi connectivity index (χ0n) is 14.5. The topological polar surface area (TPSA) is 85.1 Å². The van der Waals surface area contributed by atoms with E-state index in [-0.39, 0.29) is 10.8 Å². The number of rotatable bonds is 4. The van der Waals surface area contributed by atoms with Gasteiger partial charge in [-0.25, -0.2) is 13.1 Å². The molecule has 3 rings (SSSR count). The molecule has 0 amide bonds. The maximum absolute atomic E-state index is 12.9.